The van der Waals surface area contributed by atoms with Crippen molar-refractivity contribution in [3.63, 3.8) is 0 Å². The normalized spacial score (nSPS) is 10.3. The van der Waals surface area contributed by atoms with Gasteiger partial charge in [-0.2, -0.15) is 0 Å². The van der Waals surface area contributed by atoms with E-state index in [2.05, 4.69) is 4.98 Å². The molecule has 2 aromatic carbocycles. The molecule has 0 aliphatic heterocycles. The molecule has 0 unspecified atom stereocenters. The number of carbonyl (C=O) groups is 3. The highest BCUT2D eigenvalue weighted by molar-refractivity contribution is 7.99. The predicted octanol–water partition coefficient (Wildman–Crippen LogP) is 3.30. The number of benzene rings is 2. The van der Waals surface area contributed by atoms with Crippen LogP contribution in [0.3, 0.4) is 0 Å². The van der Waals surface area contributed by atoms with Crippen LogP contribution in [0, 0.1) is 0 Å². The molecule has 2 N–H and O–H groups in total. The van der Waals surface area contributed by atoms with Crippen molar-refractivity contribution in [3.8, 4) is 0 Å². The number of amides is 2. The molecule has 158 valence electrons. The van der Waals surface area contributed by atoms with Gasteiger partial charge < -0.3 is 15.4 Å². The van der Waals surface area contributed by atoms with E-state index in [4.69, 9.17) is 10.5 Å². The van der Waals surface area contributed by atoms with E-state index in [-0.39, 0.29) is 18.5 Å². The molecule has 0 saturated heterocycles. The Morgan fingerprint density at radius 2 is 1.61 bits per heavy atom. The van der Waals surface area contributed by atoms with Crippen molar-refractivity contribution in [3.05, 3.63) is 84.6 Å². The quantitative estimate of drug-likeness (QED) is 0.518. The van der Waals surface area contributed by atoms with Gasteiger partial charge in [0, 0.05) is 29.7 Å². The van der Waals surface area contributed by atoms with E-state index in [1.807, 2.05) is 36.4 Å². The number of aromatic nitrogens is 1. The van der Waals surface area contributed by atoms with E-state index in [1.54, 1.807) is 42.6 Å². The van der Waals surface area contributed by atoms with Crippen molar-refractivity contribution in [2.75, 3.05) is 18.1 Å². The standard InChI is InChI=1S/C23H21N3O4S/c24-20(27)13-15-26(17-8-3-1-4-9-17)21(28)16-30-23(29)19-12-7-14-25-22(19)31-18-10-5-2-6-11-18/h1-12,14H,13,15-16H2,(H2,24,27). The number of para-hydroxylation sites is 1. The summed E-state index contributed by atoms with van der Waals surface area (Å²) in [7, 11) is 0. The number of nitrogens with two attached hydrogens (primary N) is 1. The topological polar surface area (TPSA) is 103 Å². The van der Waals surface area contributed by atoms with Gasteiger partial charge >= 0.3 is 5.97 Å². The molecule has 3 rings (SSSR count). The molecule has 1 aromatic heterocycles. The molecule has 2 amide bonds. The number of rotatable bonds is 9. The summed E-state index contributed by atoms with van der Waals surface area (Å²) in [5, 5.41) is 0.486. The second-order valence-electron chi connectivity index (χ2n) is 6.44. The van der Waals surface area contributed by atoms with Crippen LogP contribution in [0.5, 0.6) is 0 Å². The molecule has 0 aliphatic rings. The molecule has 0 atom stereocenters. The second-order valence-corrected chi connectivity index (χ2v) is 7.51. The van der Waals surface area contributed by atoms with Crippen LogP contribution in [-0.4, -0.2) is 35.9 Å². The molecule has 0 radical (unpaired) electrons. The highest BCUT2D eigenvalue weighted by Crippen LogP contribution is 2.28. The Balaban J connectivity index is 1.69. The number of carbonyl (C=O) groups excluding carboxylic acids is 3. The van der Waals surface area contributed by atoms with Crippen molar-refractivity contribution >= 4 is 35.2 Å². The van der Waals surface area contributed by atoms with Crippen molar-refractivity contribution in [2.24, 2.45) is 5.73 Å². The van der Waals surface area contributed by atoms with Gasteiger partial charge in [0.25, 0.3) is 5.91 Å². The molecule has 0 fully saturated rings. The summed E-state index contributed by atoms with van der Waals surface area (Å²) in [6.07, 6.45) is 1.59. The molecule has 0 aliphatic carbocycles. The Morgan fingerprint density at radius 3 is 2.29 bits per heavy atom. The van der Waals surface area contributed by atoms with Crippen LogP contribution in [0.1, 0.15) is 16.8 Å². The Bertz CT molecular complexity index is 1040. The van der Waals surface area contributed by atoms with E-state index in [0.29, 0.717) is 10.7 Å². The van der Waals surface area contributed by atoms with Crippen molar-refractivity contribution in [1.82, 2.24) is 4.98 Å². The SMILES string of the molecule is NC(=O)CCN(C(=O)COC(=O)c1cccnc1Sc1ccccc1)c1ccccc1. The lowest BCUT2D eigenvalue weighted by atomic mass is 10.2. The highest BCUT2D eigenvalue weighted by Gasteiger charge is 2.20. The zero-order valence-corrected chi connectivity index (χ0v) is 17.5. The van der Waals surface area contributed by atoms with Crippen LogP contribution >= 0.6 is 11.8 Å². The second kappa shape index (κ2) is 10.9. The van der Waals surface area contributed by atoms with Gasteiger partial charge in [0.1, 0.15) is 5.03 Å². The number of ether oxygens (including phenoxy) is 1. The summed E-state index contributed by atoms with van der Waals surface area (Å²) in [5.41, 5.74) is 6.09. The van der Waals surface area contributed by atoms with E-state index in [0.717, 1.165) is 4.90 Å². The van der Waals surface area contributed by atoms with Crippen LogP contribution in [0.25, 0.3) is 0 Å². The molecule has 0 saturated carbocycles. The lowest BCUT2D eigenvalue weighted by molar-refractivity contribution is -0.121. The predicted molar refractivity (Wildman–Crippen MR) is 118 cm³/mol. The summed E-state index contributed by atoms with van der Waals surface area (Å²) in [5.74, 6) is -1.63. The summed E-state index contributed by atoms with van der Waals surface area (Å²) < 4.78 is 5.28. The lowest BCUT2D eigenvalue weighted by Gasteiger charge is -2.22. The Hall–Kier alpha value is -3.65. The van der Waals surface area contributed by atoms with Gasteiger partial charge in [0.05, 0.1) is 5.56 Å². The van der Waals surface area contributed by atoms with Gasteiger partial charge in [-0.25, -0.2) is 9.78 Å². The molecular formula is C23H21N3O4S. The number of nitrogens with zero attached hydrogens (tertiary/aromatic N) is 2. The molecule has 31 heavy (non-hydrogen) atoms. The maximum atomic E-state index is 12.7. The molecule has 8 heteroatoms. The molecule has 0 bridgehead atoms. The van der Waals surface area contributed by atoms with Crippen molar-refractivity contribution < 1.29 is 19.1 Å². The number of hydrogen-bond donors (Lipinski definition) is 1. The minimum Gasteiger partial charge on any atom is -0.452 e. The fourth-order valence-corrected chi connectivity index (χ4v) is 3.63. The third-order valence-corrected chi connectivity index (χ3v) is 5.25. The molecule has 0 spiro atoms. The molecule has 1 heterocycles. The number of hydrogen-bond acceptors (Lipinski definition) is 6. The van der Waals surface area contributed by atoms with E-state index in [9.17, 15) is 14.4 Å². The summed E-state index contributed by atoms with van der Waals surface area (Å²) in [6.45, 7) is -0.380. The van der Waals surface area contributed by atoms with Gasteiger partial charge in [0.15, 0.2) is 6.61 Å². The Morgan fingerprint density at radius 1 is 0.935 bits per heavy atom. The van der Waals surface area contributed by atoms with Crippen LogP contribution in [0.2, 0.25) is 0 Å². The van der Waals surface area contributed by atoms with Gasteiger partial charge in [-0.3, -0.25) is 9.59 Å². The lowest BCUT2D eigenvalue weighted by Crippen LogP contribution is -2.37. The molecule has 3 aromatic rings. The third kappa shape index (κ3) is 6.42. The summed E-state index contributed by atoms with van der Waals surface area (Å²) >= 11 is 1.33. The van der Waals surface area contributed by atoms with Gasteiger partial charge in [0.2, 0.25) is 5.91 Å². The zero-order chi connectivity index (χ0) is 22.1. The summed E-state index contributed by atoms with van der Waals surface area (Å²) in [6, 6.07) is 21.6. The van der Waals surface area contributed by atoms with E-state index < -0.39 is 24.4 Å². The fourth-order valence-electron chi connectivity index (χ4n) is 2.74. The number of anilines is 1. The minimum atomic E-state index is -0.650. The first kappa shape index (κ1) is 22.0. The monoisotopic (exact) mass is 435 g/mol. The first-order chi connectivity index (χ1) is 15.0. The van der Waals surface area contributed by atoms with Crippen LogP contribution < -0.4 is 10.6 Å². The van der Waals surface area contributed by atoms with E-state index in [1.165, 1.54) is 16.7 Å². The van der Waals surface area contributed by atoms with Crippen LogP contribution in [-0.2, 0) is 14.3 Å². The fraction of sp³-hybridized carbons (Fsp3) is 0.130. The molecule has 7 nitrogen and oxygen atoms in total. The first-order valence-corrected chi connectivity index (χ1v) is 10.3. The maximum absolute atomic E-state index is 12.7. The van der Waals surface area contributed by atoms with Gasteiger partial charge in [-0.15, -0.1) is 0 Å². The zero-order valence-electron chi connectivity index (χ0n) is 16.6. The smallest absolute Gasteiger partial charge is 0.341 e. The van der Waals surface area contributed by atoms with Crippen LogP contribution in [0.15, 0.2) is 88.9 Å². The average Bonchev–Trinajstić information content (AvgIpc) is 2.79. The maximum Gasteiger partial charge on any atom is 0.341 e. The first-order valence-electron chi connectivity index (χ1n) is 9.53. The number of primary amides is 1. The number of pyridine rings is 1. The largest absolute Gasteiger partial charge is 0.452 e. The third-order valence-electron chi connectivity index (χ3n) is 4.23. The van der Waals surface area contributed by atoms with E-state index >= 15 is 0 Å². The van der Waals surface area contributed by atoms with Crippen LogP contribution in [0.4, 0.5) is 5.69 Å². The van der Waals surface area contributed by atoms with Crippen molar-refractivity contribution in [2.45, 2.75) is 16.3 Å². The Kier molecular flexibility index (Phi) is 7.78. The van der Waals surface area contributed by atoms with Gasteiger partial charge in [-0.1, -0.05) is 48.2 Å². The van der Waals surface area contributed by atoms with Gasteiger partial charge in [-0.05, 0) is 36.4 Å². The number of esters is 1. The average molecular weight is 436 g/mol. The molecular weight excluding hydrogens is 414 g/mol. The summed E-state index contributed by atoms with van der Waals surface area (Å²) in [4.78, 5) is 43.2. The minimum absolute atomic E-state index is 0.00491. The Labute approximate surface area is 184 Å². The van der Waals surface area contributed by atoms with Crippen molar-refractivity contribution in [1.29, 1.82) is 0 Å². The highest BCUT2D eigenvalue weighted by atomic mass is 32.2.